The Morgan fingerprint density at radius 1 is 0.297 bits per heavy atom. The van der Waals surface area contributed by atoms with E-state index in [2.05, 4.69) is 199 Å². The van der Waals surface area contributed by atoms with Crippen LogP contribution in [0.25, 0.3) is 111 Å². The molecule has 3 heterocycles. The van der Waals surface area contributed by atoms with Gasteiger partial charge >= 0.3 is 0 Å². The van der Waals surface area contributed by atoms with Crippen LogP contribution in [0.2, 0.25) is 0 Å². The predicted octanol–water partition coefficient (Wildman–Crippen LogP) is 15.0. The fraction of sp³-hybridized carbons (Fsp3) is 0.0339. The standard InChI is InChI=1S/C59H41N5/c1-38-26-27-42(34-39(38)2)43-29-32-54-50(35-43)48-23-13-15-25-53(48)64(54)55-33-30-44(45-28-31-49-47-22-12-14-24-52(47)63(56(49)37-45)46-20-10-5-11-21-46)36-51(55)59-61-57(40-16-6-3-7-17-40)60-58(62-59)41-18-8-4-9-19-41/h3-37H,1-2H3. The normalized spacial score (nSPS) is 11.6. The molecular weight excluding hydrogens is 779 g/mol. The molecule has 0 saturated carbocycles. The number of fused-ring (bicyclic) bond motifs is 6. The maximum absolute atomic E-state index is 5.33. The van der Waals surface area contributed by atoms with E-state index >= 15 is 0 Å². The molecule has 9 aromatic carbocycles. The molecule has 0 fully saturated rings. The summed E-state index contributed by atoms with van der Waals surface area (Å²) in [5, 5.41) is 4.81. The summed E-state index contributed by atoms with van der Waals surface area (Å²) in [6, 6.07) is 75.6. The number of benzene rings is 9. The van der Waals surface area contributed by atoms with E-state index in [0.717, 1.165) is 55.7 Å². The zero-order valence-electron chi connectivity index (χ0n) is 35.4. The molecule has 12 aromatic rings. The molecule has 0 radical (unpaired) electrons. The second-order valence-corrected chi connectivity index (χ2v) is 16.6. The summed E-state index contributed by atoms with van der Waals surface area (Å²) in [5.74, 6) is 1.84. The summed E-state index contributed by atoms with van der Waals surface area (Å²) < 4.78 is 4.76. The van der Waals surface area contributed by atoms with Crippen molar-refractivity contribution < 1.29 is 0 Å². The van der Waals surface area contributed by atoms with Gasteiger partial charge in [-0.25, -0.2) is 15.0 Å². The maximum atomic E-state index is 5.33. The lowest BCUT2D eigenvalue weighted by molar-refractivity contribution is 1.06. The first-order valence-corrected chi connectivity index (χ1v) is 21.8. The van der Waals surface area contributed by atoms with Crippen molar-refractivity contribution in [2.75, 3.05) is 0 Å². The van der Waals surface area contributed by atoms with Gasteiger partial charge in [-0.15, -0.1) is 0 Å². The van der Waals surface area contributed by atoms with Crippen LogP contribution in [0.5, 0.6) is 0 Å². The number of hydrogen-bond donors (Lipinski definition) is 0. The number of para-hydroxylation sites is 3. The average molecular weight is 820 g/mol. The van der Waals surface area contributed by atoms with Crippen LogP contribution in [0.1, 0.15) is 11.1 Å². The summed E-state index contributed by atoms with van der Waals surface area (Å²) in [6.45, 7) is 4.35. The van der Waals surface area contributed by atoms with Gasteiger partial charge in [0.1, 0.15) is 0 Å². The monoisotopic (exact) mass is 819 g/mol. The van der Waals surface area contributed by atoms with Crippen molar-refractivity contribution in [3.63, 3.8) is 0 Å². The van der Waals surface area contributed by atoms with E-state index in [-0.39, 0.29) is 0 Å². The Bertz CT molecular complexity index is 3680. The van der Waals surface area contributed by atoms with Crippen molar-refractivity contribution in [1.29, 1.82) is 0 Å². The number of hydrogen-bond acceptors (Lipinski definition) is 3. The molecule has 0 aliphatic carbocycles. The van der Waals surface area contributed by atoms with E-state index in [1.807, 2.05) is 36.4 Å². The lowest BCUT2D eigenvalue weighted by Gasteiger charge is -2.17. The molecule has 0 aliphatic heterocycles. The first kappa shape index (κ1) is 37.4. The fourth-order valence-corrected chi connectivity index (χ4v) is 9.36. The van der Waals surface area contributed by atoms with Crippen LogP contribution in [-0.2, 0) is 0 Å². The van der Waals surface area contributed by atoms with E-state index in [1.165, 1.54) is 49.3 Å². The molecule has 5 heteroatoms. The van der Waals surface area contributed by atoms with Gasteiger partial charge in [0.2, 0.25) is 0 Å². The molecule has 0 spiro atoms. The highest BCUT2D eigenvalue weighted by molar-refractivity contribution is 6.12. The van der Waals surface area contributed by atoms with Crippen molar-refractivity contribution in [2.24, 2.45) is 0 Å². The molecule has 0 unspecified atom stereocenters. The molecule has 0 aliphatic rings. The van der Waals surface area contributed by atoms with E-state index in [1.54, 1.807) is 0 Å². The molecule has 302 valence electrons. The molecule has 64 heavy (non-hydrogen) atoms. The summed E-state index contributed by atoms with van der Waals surface area (Å²) in [6.07, 6.45) is 0. The Hall–Kier alpha value is -8.41. The SMILES string of the molecule is Cc1ccc(-c2ccc3c(c2)c2ccccc2n3-c2ccc(-c3ccc4c5ccccc5n(-c5ccccc5)c4c3)cc2-c2nc(-c3ccccc3)nc(-c3ccccc3)n2)cc1C. The third kappa shape index (κ3) is 6.28. The van der Waals surface area contributed by atoms with Gasteiger partial charge in [-0.1, -0.05) is 158 Å². The van der Waals surface area contributed by atoms with Gasteiger partial charge in [0.15, 0.2) is 17.5 Å². The average Bonchev–Trinajstić information content (AvgIpc) is 3.87. The summed E-state index contributed by atoms with van der Waals surface area (Å²) in [5.41, 5.74) is 16.5. The van der Waals surface area contributed by atoms with Crippen LogP contribution >= 0.6 is 0 Å². The van der Waals surface area contributed by atoms with Gasteiger partial charge < -0.3 is 9.13 Å². The number of aryl methyl sites for hydroxylation is 2. The predicted molar refractivity (Wildman–Crippen MR) is 265 cm³/mol. The number of aromatic nitrogens is 5. The Morgan fingerprint density at radius 2 is 0.781 bits per heavy atom. The van der Waals surface area contributed by atoms with Crippen molar-refractivity contribution >= 4 is 43.6 Å². The topological polar surface area (TPSA) is 48.5 Å². The van der Waals surface area contributed by atoms with Crippen molar-refractivity contribution in [1.82, 2.24) is 24.1 Å². The lowest BCUT2D eigenvalue weighted by atomic mass is 9.98. The minimum absolute atomic E-state index is 0.599. The van der Waals surface area contributed by atoms with Crippen LogP contribution in [0, 0.1) is 13.8 Å². The molecule has 0 saturated heterocycles. The van der Waals surface area contributed by atoms with Crippen LogP contribution in [-0.4, -0.2) is 24.1 Å². The lowest BCUT2D eigenvalue weighted by Crippen LogP contribution is -2.04. The Labute approximate surface area is 371 Å². The van der Waals surface area contributed by atoms with Crippen LogP contribution < -0.4 is 0 Å². The minimum Gasteiger partial charge on any atom is -0.309 e. The third-order valence-electron chi connectivity index (χ3n) is 12.7. The molecule has 3 aromatic heterocycles. The maximum Gasteiger partial charge on any atom is 0.166 e. The molecule has 0 atom stereocenters. The third-order valence-corrected chi connectivity index (χ3v) is 12.7. The van der Waals surface area contributed by atoms with E-state index in [0.29, 0.717) is 17.5 Å². The van der Waals surface area contributed by atoms with Crippen molar-refractivity contribution in [2.45, 2.75) is 13.8 Å². The second kappa shape index (κ2) is 15.2. The molecule has 5 nitrogen and oxygen atoms in total. The van der Waals surface area contributed by atoms with Gasteiger partial charge in [-0.2, -0.15) is 0 Å². The first-order valence-electron chi connectivity index (χ1n) is 21.8. The molecule has 0 bridgehead atoms. The zero-order valence-corrected chi connectivity index (χ0v) is 35.4. The quantitative estimate of drug-likeness (QED) is 0.161. The first-order chi connectivity index (χ1) is 31.6. The zero-order chi connectivity index (χ0) is 42.7. The number of nitrogens with zero attached hydrogens (tertiary/aromatic N) is 5. The summed E-state index contributed by atoms with van der Waals surface area (Å²) >= 11 is 0. The van der Waals surface area contributed by atoms with E-state index in [4.69, 9.17) is 15.0 Å². The van der Waals surface area contributed by atoms with Crippen LogP contribution in [0.15, 0.2) is 212 Å². The Morgan fingerprint density at radius 3 is 1.47 bits per heavy atom. The van der Waals surface area contributed by atoms with Gasteiger partial charge in [0, 0.05) is 43.9 Å². The molecule has 12 rings (SSSR count). The van der Waals surface area contributed by atoms with Gasteiger partial charge in [0.05, 0.1) is 27.8 Å². The van der Waals surface area contributed by atoms with Crippen LogP contribution in [0.3, 0.4) is 0 Å². The van der Waals surface area contributed by atoms with Gasteiger partial charge in [-0.3, -0.25) is 0 Å². The minimum atomic E-state index is 0.599. The highest BCUT2D eigenvalue weighted by Gasteiger charge is 2.22. The Balaban J connectivity index is 1.13. The highest BCUT2D eigenvalue weighted by Crippen LogP contribution is 2.41. The van der Waals surface area contributed by atoms with Crippen molar-refractivity contribution in [3.05, 3.63) is 223 Å². The van der Waals surface area contributed by atoms with Crippen LogP contribution in [0.4, 0.5) is 0 Å². The van der Waals surface area contributed by atoms with Gasteiger partial charge in [-0.05, 0) is 102 Å². The highest BCUT2D eigenvalue weighted by atomic mass is 15.1. The molecule has 0 amide bonds. The second-order valence-electron chi connectivity index (χ2n) is 16.6. The smallest absolute Gasteiger partial charge is 0.166 e. The van der Waals surface area contributed by atoms with Gasteiger partial charge in [0.25, 0.3) is 0 Å². The molecular formula is C59H41N5. The summed E-state index contributed by atoms with van der Waals surface area (Å²) in [7, 11) is 0. The van der Waals surface area contributed by atoms with E-state index in [9.17, 15) is 0 Å². The van der Waals surface area contributed by atoms with E-state index < -0.39 is 0 Å². The Kier molecular flexibility index (Phi) is 8.87. The fourth-order valence-electron chi connectivity index (χ4n) is 9.36. The molecule has 0 N–H and O–H groups in total. The number of rotatable bonds is 7. The van der Waals surface area contributed by atoms with Crippen molar-refractivity contribution in [3.8, 4) is 67.8 Å². The largest absolute Gasteiger partial charge is 0.309 e. The summed E-state index contributed by atoms with van der Waals surface area (Å²) in [4.78, 5) is 15.7.